The molecule has 0 spiro atoms. The highest BCUT2D eigenvalue weighted by Gasteiger charge is 2.25. The fourth-order valence-corrected chi connectivity index (χ4v) is 4.43. The molecule has 1 atom stereocenters. The Labute approximate surface area is 165 Å². The Morgan fingerprint density at radius 1 is 1.38 bits per heavy atom. The Hall–Kier alpha value is -1.38. The van der Waals surface area contributed by atoms with Crippen LogP contribution in [-0.4, -0.2) is 52.4 Å². The number of nitrogens with zero attached hydrogens (tertiary/aromatic N) is 3. The van der Waals surface area contributed by atoms with Crippen molar-refractivity contribution in [1.82, 2.24) is 14.5 Å². The molecule has 1 aromatic heterocycles. The Balaban J connectivity index is 1.95. The number of ether oxygens (including phenoxy) is 1. The van der Waals surface area contributed by atoms with Crippen LogP contribution in [0.3, 0.4) is 0 Å². The van der Waals surface area contributed by atoms with Crippen molar-refractivity contribution in [3.8, 4) is 0 Å². The predicted octanol–water partition coefficient (Wildman–Crippen LogP) is 2.91. The zero-order chi connectivity index (χ0) is 18.7. The molecule has 1 fully saturated rings. The third-order valence-electron chi connectivity index (χ3n) is 4.45. The van der Waals surface area contributed by atoms with Gasteiger partial charge < -0.3 is 9.64 Å². The largest absolute Gasteiger partial charge is 0.383 e. The molecule has 1 saturated heterocycles. The van der Waals surface area contributed by atoms with Crippen LogP contribution < -0.4 is 5.56 Å². The van der Waals surface area contributed by atoms with Crippen molar-refractivity contribution in [3.63, 3.8) is 0 Å². The van der Waals surface area contributed by atoms with E-state index in [1.807, 2.05) is 24.0 Å². The minimum absolute atomic E-state index is 0.107. The molecule has 140 valence electrons. The summed E-state index contributed by atoms with van der Waals surface area (Å²) in [5.41, 5.74) is 0.520. The van der Waals surface area contributed by atoms with Crippen LogP contribution in [0.25, 0.3) is 10.9 Å². The first-order valence-corrected chi connectivity index (χ1v) is 10.3. The first-order chi connectivity index (χ1) is 12.5. The summed E-state index contributed by atoms with van der Waals surface area (Å²) < 4.78 is 7.59. The lowest BCUT2D eigenvalue weighted by atomic mass is 10.2. The van der Waals surface area contributed by atoms with Crippen molar-refractivity contribution in [2.75, 3.05) is 26.8 Å². The molecular weight excluding hydrogens is 418 g/mol. The van der Waals surface area contributed by atoms with Crippen LogP contribution >= 0.6 is 27.7 Å². The summed E-state index contributed by atoms with van der Waals surface area (Å²) >= 11 is 4.75. The smallest absolute Gasteiger partial charge is 0.262 e. The number of halogens is 1. The van der Waals surface area contributed by atoms with Crippen LogP contribution in [0.2, 0.25) is 0 Å². The van der Waals surface area contributed by atoms with Crippen molar-refractivity contribution < 1.29 is 9.53 Å². The van der Waals surface area contributed by atoms with Crippen molar-refractivity contribution in [3.05, 3.63) is 33.0 Å². The summed E-state index contributed by atoms with van der Waals surface area (Å²) in [7, 11) is 1.60. The Bertz CT molecular complexity index is 865. The van der Waals surface area contributed by atoms with E-state index in [1.54, 1.807) is 17.7 Å². The van der Waals surface area contributed by atoms with Gasteiger partial charge in [-0.2, -0.15) is 0 Å². The summed E-state index contributed by atoms with van der Waals surface area (Å²) in [6.07, 6.45) is 2.12. The number of thioether (sulfide) groups is 1. The van der Waals surface area contributed by atoms with E-state index in [9.17, 15) is 9.59 Å². The number of rotatable bonds is 6. The second-order valence-electron chi connectivity index (χ2n) is 6.30. The summed E-state index contributed by atoms with van der Waals surface area (Å²) in [6, 6.07) is 5.46. The number of methoxy groups -OCH3 is 1. The molecule has 0 bridgehead atoms. The number of carbonyl (C=O) groups excluding carboxylic acids is 1. The van der Waals surface area contributed by atoms with Gasteiger partial charge in [-0.05, 0) is 38.0 Å². The summed E-state index contributed by atoms with van der Waals surface area (Å²) in [5.74, 6) is 0.107. The fraction of sp³-hybridized carbons (Fsp3) is 0.500. The molecule has 1 aliphatic rings. The molecule has 1 amide bonds. The highest BCUT2D eigenvalue weighted by Crippen LogP contribution is 2.26. The second-order valence-corrected chi connectivity index (χ2v) is 8.52. The van der Waals surface area contributed by atoms with Crippen LogP contribution in [-0.2, 0) is 16.1 Å². The zero-order valence-electron chi connectivity index (χ0n) is 14.9. The van der Waals surface area contributed by atoms with Gasteiger partial charge in [0.1, 0.15) is 0 Å². The zero-order valence-corrected chi connectivity index (χ0v) is 17.3. The Kier molecular flexibility index (Phi) is 6.37. The highest BCUT2D eigenvalue weighted by molar-refractivity contribution is 9.10. The molecule has 0 aliphatic carbocycles. The molecule has 0 saturated carbocycles. The molecule has 6 nitrogen and oxygen atoms in total. The maximum atomic E-state index is 13.0. The molecule has 8 heteroatoms. The van der Waals surface area contributed by atoms with Crippen LogP contribution in [0.5, 0.6) is 0 Å². The maximum Gasteiger partial charge on any atom is 0.262 e. The van der Waals surface area contributed by atoms with Gasteiger partial charge in [-0.25, -0.2) is 4.98 Å². The molecule has 0 radical (unpaired) electrons. The van der Waals surface area contributed by atoms with Gasteiger partial charge in [-0.3, -0.25) is 14.2 Å². The SMILES string of the molecule is COCCn1c(SC(C)C(=O)N2CCCC2)nc2ccc(Br)cc2c1=O. The number of benzene rings is 1. The van der Waals surface area contributed by atoms with Gasteiger partial charge in [0.2, 0.25) is 5.91 Å². The van der Waals surface area contributed by atoms with E-state index in [2.05, 4.69) is 20.9 Å². The molecule has 1 aliphatic heterocycles. The van der Waals surface area contributed by atoms with E-state index >= 15 is 0 Å². The monoisotopic (exact) mass is 439 g/mol. The van der Waals surface area contributed by atoms with Crippen LogP contribution in [0.15, 0.2) is 32.6 Å². The average molecular weight is 440 g/mol. The second kappa shape index (κ2) is 8.54. The van der Waals surface area contributed by atoms with E-state index in [0.29, 0.717) is 29.2 Å². The van der Waals surface area contributed by atoms with Gasteiger partial charge >= 0.3 is 0 Å². The average Bonchev–Trinajstić information content (AvgIpc) is 3.16. The summed E-state index contributed by atoms with van der Waals surface area (Å²) in [6.45, 7) is 4.32. The lowest BCUT2D eigenvalue weighted by Crippen LogP contribution is -2.35. The minimum atomic E-state index is -0.290. The quantitative estimate of drug-likeness (QED) is 0.511. The Morgan fingerprint density at radius 2 is 2.12 bits per heavy atom. The maximum absolute atomic E-state index is 13.0. The fourth-order valence-electron chi connectivity index (χ4n) is 3.05. The lowest BCUT2D eigenvalue weighted by molar-refractivity contribution is -0.129. The van der Waals surface area contributed by atoms with Crippen LogP contribution in [0.1, 0.15) is 19.8 Å². The van der Waals surface area contributed by atoms with Crippen molar-refractivity contribution in [2.45, 2.75) is 36.7 Å². The number of carbonyl (C=O) groups is 1. The van der Waals surface area contributed by atoms with Crippen molar-refractivity contribution in [2.24, 2.45) is 0 Å². The highest BCUT2D eigenvalue weighted by atomic mass is 79.9. The molecule has 2 aromatic rings. The van der Waals surface area contributed by atoms with Gasteiger partial charge in [0.05, 0.1) is 29.3 Å². The first kappa shape index (κ1) is 19.4. The van der Waals surface area contributed by atoms with Gasteiger partial charge in [0.25, 0.3) is 5.56 Å². The standard InChI is InChI=1S/C18H22BrN3O3S/c1-12(16(23)21-7-3-4-8-21)26-18-20-15-6-5-13(19)11-14(15)17(24)22(18)9-10-25-2/h5-6,11-12H,3-4,7-10H2,1-2H3. The van der Waals surface area contributed by atoms with E-state index in [-0.39, 0.29) is 16.7 Å². The van der Waals surface area contributed by atoms with Crippen molar-refractivity contribution >= 4 is 44.5 Å². The number of likely N-dealkylation sites (tertiary alicyclic amines) is 1. The molecule has 26 heavy (non-hydrogen) atoms. The third kappa shape index (κ3) is 4.13. The van der Waals surface area contributed by atoms with Gasteiger partial charge in [0, 0.05) is 24.7 Å². The van der Waals surface area contributed by atoms with E-state index in [1.165, 1.54) is 11.8 Å². The normalized spacial score (nSPS) is 15.6. The molecule has 3 rings (SSSR count). The molecule has 1 unspecified atom stereocenters. The van der Waals surface area contributed by atoms with Gasteiger partial charge in [-0.15, -0.1) is 0 Å². The van der Waals surface area contributed by atoms with E-state index in [4.69, 9.17) is 4.74 Å². The predicted molar refractivity (Wildman–Crippen MR) is 107 cm³/mol. The van der Waals surface area contributed by atoms with E-state index in [0.717, 1.165) is 30.4 Å². The van der Waals surface area contributed by atoms with Gasteiger partial charge in [-0.1, -0.05) is 27.7 Å². The molecule has 2 heterocycles. The summed E-state index contributed by atoms with van der Waals surface area (Å²) in [4.78, 5) is 32.1. The lowest BCUT2D eigenvalue weighted by Gasteiger charge is -2.21. The number of hydrogen-bond acceptors (Lipinski definition) is 5. The number of fused-ring (bicyclic) bond motifs is 1. The van der Waals surface area contributed by atoms with Crippen molar-refractivity contribution in [1.29, 1.82) is 0 Å². The number of amides is 1. The molecule has 0 N–H and O–H groups in total. The third-order valence-corrected chi connectivity index (χ3v) is 6.02. The van der Waals surface area contributed by atoms with Gasteiger partial charge in [0.15, 0.2) is 5.16 Å². The molecular formula is C18H22BrN3O3S. The minimum Gasteiger partial charge on any atom is -0.383 e. The van der Waals surface area contributed by atoms with Crippen LogP contribution in [0.4, 0.5) is 0 Å². The van der Waals surface area contributed by atoms with E-state index < -0.39 is 0 Å². The first-order valence-electron chi connectivity index (χ1n) is 8.65. The number of hydrogen-bond donors (Lipinski definition) is 0. The topological polar surface area (TPSA) is 64.4 Å². The number of aromatic nitrogens is 2. The summed E-state index contributed by atoms with van der Waals surface area (Å²) in [5, 5.41) is 0.821. The van der Waals surface area contributed by atoms with Crippen LogP contribution in [0, 0.1) is 0 Å². The molecule has 1 aromatic carbocycles. The Morgan fingerprint density at radius 3 is 2.81 bits per heavy atom.